The van der Waals surface area contributed by atoms with E-state index in [-0.39, 0.29) is 24.0 Å². The lowest BCUT2D eigenvalue weighted by atomic mass is 9.60. The Bertz CT molecular complexity index is 633. The molecular formula is C16H12O5. The predicted octanol–water partition coefficient (Wildman–Crippen LogP) is 1.30. The van der Waals surface area contributed by atoms with Crippen molar-refractivity contribution in [1.29, 1.82) is 0 Å². The first-order valence-electron chi connectivity index (χ1n) is 6.66. The maximum Gasteiger partial charge on any atom is 0.334 e. The minimum atomic E-state index is -0.485. The van der Waals surface area contributed by atoms with Crippen LogP contribution in [0.1, 0.15) is 23.3 Å². The third-order valence-corrected chi connectivity index (χ3v) is 4.58. The van der Waals surface area contributed by atoms with Crippen molar-refractivity contribution in [2.45, 2.75) is 12.2 Å². The van der Waals surface area contributed by atoms with Crippen molar-refractivity contribution in [3.8, 4) is 0 Å². The van der Waals surface area contributed by atoms with Gasteiger partial charge in [0.15, 0.2) is 0 Å². The van der Waals surface area contributed by atoms with Gasteiger partial charge in [0.25, 0.3) is 0 Å². The van der Waals surface area contributed by atoms with Gasteiger partial charge in [0.1, 0.15) is 0 Å². The average Bonchev–Trinajstić information content (AvgIpc) is 3.00. The molecule has 0 saturated carbocycles. The first-order chi connectivity index (χ1) is 10.2. The van der Waals surface area contributed by atoms with Crippen LogP contribution < -0.4 is 0 Å². The van der Waals surface area contributed by atoms with Crippen molar-refractivity contribution in [2.24, 2.45) is 11.8 Å². The maximum absolute atomic E-state index is 12.0. The highest BCUT2D eigenvalue weighted by atomic mass is 16.5. The van der Waals surface area contributed by atoms with Crippen molar-refractivity contribution in [3.05, 3.63) is 46.5 Å². The van der Waals surface area contributed by atoms with E-state index in [1.54, 1.807) is 0 Å². The molecule has 5 heteroatoms. The fourth-order valence-electron chi connectivity index (χ4n) is 3.77. The molecule has 21 heavy (non-hydrogen) atoms. The zero-order valence-corrected chi connectivity index (χ0v) is 11.5. The van der Waals surface area contributed by atoms with Crippen LogP contribution >= 0.6 is 0 Å². The highest BCUT2D eigenvalue weighted by Gasteiger charge is 2.64. The molecular weight excluding hydrogens is 272 g/mol. The van der Waals surface area contributed by atoms with E-state index >= 15 is 0 Å². The second-order valence-electron chi connectivity index (χ2n) is 5.33. The highest BCUT2D eigenvalue weighted by Crippen LogP contribution is 2.66. The highest BCUT2D eigenvalue weighted by molar-refractivity contribution is 6.05. The van der Waals surface area contributed by atoms with Crippen molar-refractivity contribution in [2.75, 3.05) is 14.2 Å². The molecule has 1 aliphatic carbocycles. The molecule has 2 heterocycles. The number of hydrogen-bond acceptors (Lipinski definition) is 5. The molecule has 4 atom stereocenters. The van der Waals surface area contributed by atoms with Crippen LogP contribution in [0.5, 0.6) is 0 Å². The van der Waals surface area contributed by atoms with Gasteiger partial charge in [-0.05, 0) is 23.3 Å². The quantitative estimate of drug-likeness (QED) is 0.766. The Hall–Kier alpha value is -2.32. The van der Waals surface area contributed by atoms with Crippen molar-refractivity contribution in [3.63, 3.8) is 0 Å². The zero-order valence-electron chi connectivity index (χ0n) is 11.5. The Kier molecular flexibility index (Phi) is 2.42. The average molecular weight is 284 g/mol. The second-order valence-corrected chi connectivity index (χ2v) is 5.33. The molecule has 5 nitrogen and oxygen atoms in total. The SMILES string of the molecule is COC(=O)C1=C(C(=O)OC)C2C3OC(c4cc#ccc43)C12. The van der Waals surface area contributed by atoms with Crippen LogP contribution in [-0.4, -0.2) is 26.2 Å². The van der Waals surface area contributed by atoms with Crippen molar-refractivity contribution < 1.29 is 23.8 Å². The molecule has 0 aromatic heterocycles. The molecule has 0 N–H and O–H groups in total. The van der Waals surface area contributed by atoms with E-state index in [0.717, 1.165) is 11.1 Å². The summed E-state index contributed by atoms with van der Waals surface area (Å²) in [4.78, 5) is 24.0. The summed E-state index contributed by atoms with van der Waals surface area (Å²) in [5.41, 5.74) is 2.82. The standard InChI is InChI=1S/C16H12O5/c1-19-15(17)11-9-10(12(11)16(18)20-2)14-8-6-4-3-5-7(8)13(9)21-14/h5-6,9-10,13-14H,1-2H3. The number of methoxy groups -OCH3 is 2. The van der Waals surface area contributed by atoms with Crippen LogP contribution in [0.2, 0.25) is 0 Å². The lowest BCUT2D eigenvalue weighted by molar-refractivity contribution is -0.142. The number of esters is 2. The smallest absolute Gasteiger partial charge is 0.334 e. The van der Waals surface area contributed by atoms with Gasteiger partial charge in [-0.2, -0.15) is 0 Å². The van der Waals surface area contributed by atoms with E-state index in [9.17, 15) is 9.59 Å². The molecule has 3 aliphatic rings. The Labute approximate surface area is 121 Å². The van der Waals surface area contributed by atoms with Crippen LogP contribution in [0.25, 0.3) is 0 Å². The fraction of sp³-hybridized carbons (Fsp3) is 0.375. The topological polar surface area (TPSA) is 61.8 Å². The predicted molar refractivity (Wildman–Crippen MR) is 68.7 cm³/mol. The molecule has 1 saturated heterocycles. The van der Waals surface area contributed by atoms with Gasteiger partial charge in [-0.1, -0.05) is 12.1 Å². The normalized spacial score (nSPS) is 31.0. The number of fused-ring (bicyclic) bond motifs is 8. The number of carbonyl (C=O) groups excluding carboxylic acids is 2. The number of rotatable bonds is 2. The van der Waals surface area contributed by atoms with Gasteiger partial charge in [-0.25, -0.2) is 9.59 Å². The molecule has 0 radical (unpaired) electrons. The van der Waals surface area contributed by atoms with E-state index < -0.39 is 11.9 Å². The molecule has 106 valence electrons. The van der Waals surface area contributed by atoms with E-state index in [1.165, 1.54) is 14.2 Å². The summed E-state index contributed by atoms with van der Waals surface area (Å²) in [7, 11) is 2.62. The van der Waals surface area contributed by atoms with Gasteiger partial charge in [-0.15, -0.1) is 0 Å². The van der Waals surface area contributed by atoms with E-state index in [0.29, 0.717) is 11.1 Å². The maximum atomic E-state index is 12.0. The van der Waals surface area contributed by atoms with Gasteiger partial charge in [-0.3, -0.25) is 0 Å². The number of carbonyl (C=O) groups is 2. The Morgan fingerprint density at radius 1 is 0.952 bits per heavy atom. The molecule has 2 bridgehead atoms. The largest absolute Gasteiger partial charge is 0.466 e. The minimum Gasteiger partial charge on any atom is -0.466 e. The van der Waals surface area contributed by atoms with E-state index in [2.05, 4.69) is 12.1 Å². The summed E-state index contributed by atoms with van der Waals surface area (Å²) < 4.78 is 15.6. The number of ether oxygens (including phenoxy) is 3. The van der Waals surface area contributed by atoms with E-state index in [4.69, 9.17) is 14.2 Å². The van der Waals surface area contributed by atoms with Gasteiger partial charge < -0.3 is 14.2 Å². The van der Waals surface area contributed by atoms with Gasteiger partial charge in [0.05, 0.1) is 37.6 Å². The summed E-state index contributed by atoms with van der Waals surface area (Å²) in [5.74, 6) is -1.25. The summed E-state index contributed by atoms with van der Waals surface area (Å²) in [5, 5.41) is 0. The summed E-state index contributed by atoms with van der Waals surface area (Å²) >= 11 is 0. The van der Waals surface area contributed by atoms with Crippen LogP contribution in [-0.2, 0) is 23.8 Å². The summed E-state index contributed by atoms with van der Waals surface area (Å²) in [6.45, 7) is 0. The fourth-order valence-corrected chi connectivity index (χ4v) is 3.77. The second kappa shape index (κ2) is 4.09. The number of hydrogen-bond donors (Lipinski definition) is 0. The Morgan fingerprint density at radius 3 is 1.76 bits per heavy atom. The Morgan fingerprint density at radius 2 is 1.38 bits per heavy atom. The molecule has 4 rings (SSSR count). The van der Waals surface area contributed by atoms with Crippen LogP contribution in [0.4, 0.5) is 0 Å². The molecule has 0 amide bonds. The third kappa shape index (κ3) is 1.35. The monoisotopic (exact) mass is 284 g/mol. The summed E-state index contributed by atoms with van der Waals surface area (Å²) in [6, 6.07) is 9.49. The van der Waals surface area contributed by atoms with E-state index in [1.807, 2.05) is 12.1 Å². The van der Waals surface area contributed by atoms with Crippen LogP contribution in [0.15, 0.2) is 23.3 Å². The molecule has 1 aromatic carbocycles. The third-order valence-electron chi connectivity index (χ3n) is 4.58. The lowest BCUT2D eigenvalue weighted by Crippen LogP contribution is -2.42. The first kappa shape index (κ1) is 12.4. The Balaban J connectivity index is 1.82. The van der Waals surface area contributed by atoms with Crippen LogP contribution in [0, 0.1) is 24.0 Å². The molecule has 1 aromatic rings. The molecule has 1 fully saturated rings. The van der Waals surface area contributed by atoms with Gasteiger partial charge >= 0.3 is 11.9 Å². The minimum absolute atomic E-state index is 0.139. The van der Waals surface area contributed by atoms with Gasteiger partial charge in [0, 0.05) is 11.8 Å². The lowest BCUT2D eigenvalue weighted by Gasteiger charge is -2.39. The molecule has 4 unspecified atom stereocenters. The first-order valence-corrected chi connectivity index (χ1v) is 6.66. The van der Waals surface area contributed by atoms with Crippen molar-refractivity contribution >= 4 is 11.9 Å². The molecule has 2 aliphatic heterocycles. The summed E-state index contributed by atoms with van der Waals surface area (Å²) in [6.07, 6.45) is -0.438. The van der Waals surface area contributed by atoms with Gasteiger partial charge in [0.2, 0.25) is 0 Å². The van der Waals surface area contributed by atoms with Crippen LogP contribution in [0.3, 0.4) is 0 Å². The zero-order chi connectivity index (χ0) is 14.7. The van der Waals surface area contributed by atoms with Crippen molar-refractivity contribution in [1.82, 2.24) is 0 Å². The molecule has 0 spiro atoms.